The van der Waals surface area contributed by atoms with Crippen molar-refractivity contribution in [2.75, 3.05) is 7.11 Å². The number of nitrogens with zero attached hydrogens (tertiary/aromatic N) is 1. The maximum Gasteiger partial charge on any atom is 0.336 e. The number of allylic oxidation sites excluding steroid dienone is 1. The molecule has 172 valence electrons. The van der Waals surface area contributed by atoms with Crippen LogP contribution in [0.2, 0.25) is 0 Å². The molecule has 2 N–H and O–H groups in total. The lowest BCUT2D eigenvalue weighted by Crippen LogP contribution is -2.30. The Hall–Kier alpha value is -2.86. The number of pyridine rings is 1. The van der Waals surface area contributed by atoms with Gasteiger partial charge in [-0.2, -0.15) is 0 Å². The second-order valence-corrected chi connectivity index (χ2v) is 10.2. The number of carboxylic acids is 1. The van der Waals surface area contributed by atoms with Crippen LogP contribution < -0.4 is 4.74 Å². The zero-order chi connectivity index (χ0) is 23.9. The van der Waals surface area contributed by atoms with Crippen molar-refractivity contribution < 1.29 is 19.7 Å². The molecule has 0 fully saturated rings. The van der Waals surface area contributed by atoms with Gasteiger partial charge in [-0.15, -0.1) is 0 Å². The molecule has 0 amide bonds. The maximum atomic E-state index is 12.4. The summed E-state index contributed by atoms with van der Waals surface area (Å²) >= 11 is 3.40. The van der Waals surface area contributed by atoms with Crippen molar-refractivity contribution in [1.82, 2.24) is 4.98 Å². The van der Waals surface area contributed by atoms with Crippen molar-refractivity contribution in [3.05, 3.63) is 63.3 Å². The van der Waals surface area contributed by atoms with Crippen LogP contribution in [0.4, 0.5) is 0 Å². The molecule has 1 atom stereocenters. The van der Waals surface area contributed by atoms with Crippen molar-refractivity contribution in [1.29, 1.82) is 0 Å². The van der Waals surface area contributed by atoms with Crippen LogP contribution in [0, 0.1) is 11.3 Å². The van der Waals surface area contributed by atoms with Crippen LogP contribution in [-0.4, -0.2) is 28.3 Å². The summed E-state index contributed by atoms with van der Waals surface area (Å²) in [6, 6.07) is 11.0. The lowest BCUT2D eigenvalue weighted by molar-refractivity contribution is 0.0696. The molecular weight excluding hydrogens is 482 g/mol. The van der Waals surface area contributed by atoms with Crippen LogP contribution in [0.1, 0.15) is 60.8 Å². The number of carbonyl (C=O) groups is 1. The van der Waals surface area contributed by atoms with E-state index >= 15 is 0 Å². The molecule has 1 aliphatic carbocycles. The molecule has 0 aliphatic heterocycles. The molecule has 1 unspecified atom stereocenters. The third-order valence-electron chi connectivity index (χ3n) is 7.06. The Bertz CT molecular complexity index is 1280. The fourth-order valence-electron chi connectivity index (χ4n) is 4.64. The summed E-state index contributed by atoms with van der Waals surface area (Å²) in [7, 11) is 1.51. The first-order valence-corrected chi connectivity index (χ1v) is 11.9. The second kappa shape index (κ2) is 8.82. The maximum absolute atomic E-state index is 12.4. The summed E-state index contributed by atoms with van der Waals surface area (Å²) in [5.41, 5.74) is 4.45. The number of hydrogen-bond donors (Lipinski definition) is 2. The number of benzene rings is 2. The highest BCUT2D eigenvalue weighted by Crippen LogP contribution is 2.46. The summed E-state index contributed by atoms with van der Waals surface area (Å²) in [6.45, 7) is 6.67. The molecule has 1 aliphatic rings. The smallest absolute Gasteiger partial charge is 0.336 e. The van der Waals surface area contributed by atoms with E-state index in [1.807, 2.05) is 36.4 Å². The molecule has 0 bridgehead atoms. The van der Waals surface area contributed by atoms with Gasteiger partial charge in [0.2, 0.25) is 0 Å². The van der Waals surface area contributed by atoms with Crippen LogP contribution in [-0.2, 0) is 6.42 Å². The van der Waals surface area contributed by atoms with Gasteiger partial charge in [-0.05, 0) is 81.1 Å². The SMILES string of the molecule is CCC(C)(C)C1CC(=Cc2cc(Br)c(O)c(OC)c2)c2nc3ccccc3c(C(=O)O)c2C1. The first-order chi connectivity index (χ1) is 15.7. The standard InChI is InChI=1S/C27H28BrNO4/c1-5-27(2,3)17-13-16(10-15-11-20(28)25(30)22(12-15)33-4)24-19(14-17)23(26(31)32)18-8-6-7-9-21(18)29-24/h6-12,17,30H,5,13-14H2,1-4H3,(H,31,32). The predicted octanol–water partition coefficient (Wildman–Crippen LogP) is 6.95. The second-order valence-electron chi connectivity index (χ2n) is 9.31. The summed E-state index contributed by atoms with van der Waals surface area (Å²) in [5, 5.41) is 21.1. The summed E-state index contributed by atoms with van der Waals surface area (Å²) in [4.78, 5) is 17.4. The number of hydrogen-bond acceptors (Lipinski definition) is 4. The highest BCUT2D eigenvalue weighted by Gasteiger charge is 2.36. The number of aromatic carboxylic acids is 1. The number of ether oxygens (including phenoxy) is 1. The number of methoxy groups -OCH3 is 1. The fourth-order valence-corrected chi connectivity index (χ4v) is 5.10. The van der Waals surface area contributed by atoms with E-state index in [0.29, 0.717) is 33.1 Å². The first-order valence-electron chi connectivity index (χ1n) is 11.1. The van der Waals surface area contributed by atoms with E-state index in [1.54, 1.807) is 6.07 Å². The molecule has 6 heteroatoms. The molecule has 1 heterocycles. The highest BCUT2D eigenvalue weighted by molar-refractivity contribution is 9.10. The van der Waals surface area contributed by atoms with Crippen molar-refractivity contribution >= 4 is 44.5 Å². The minimum Gasteiger partial charge on any atom is -0.503 e. The van der Waals surface area contributed by atoms with Gasteiger partial charge in [0.15, 0.2) is 11.5 Å². The number of aromatic nitrogens is 1. The van der Waals surface area contributed by atoms with Crippen molar-refractivity contribution in [2.45, 2.75) is 40.0 Å². The molecule has 3 aromatic rings. The van der Waals surface area contributed by atoms with Crippen molar-refractivity contribution in [3.63, 3.8) is 0 Å². The van der Waals surface area contributed by atoms with Crippen molar-refractivity contribution in [3.8, 4) is 11.5 Å². The van der Waals surface area contributed by atoms with Gasteiger partial charge in [-0.3, -0.25) is 0 Å². The Morgan fingerprint density at radius 3 is 2.67 bits per heavy atom. The van der Waals surface area contributed by atoms with Gasteiger partial charge in [-0.25, -0.2) is 9.78 Å². The van der Waals surface area contributed by atoms with Gasteiger partial charge >= 0.3 is 5.97 Å². The monoisotopic (exact) mass is 509 g/mol. The summed E-state index contributed by atoms with van der Waals surface area (Å²) in [6.07, 6.45) is 4.49. The zero-order valence-electron chi connectivity index (χ0n) is 19.3. The van der Waals surface area contributed by atoms with Crippen LogP contribution in [0.15, 0.2) is 40.9 Å². The molecule has 0 saturated heterocycles. The minimum absolute atomic E-state index is 0.0332. The number of carboxylic acid groups (broad SMARTS) is 1. The predicted molar refractivity (Wildman–Crippen MR) is 135 cm³/mol. The third kappa shape index (κ3) is 4.24. The molecule has 1 aromatic heterocycles. The van der Waals surface area contributed by atoms with Crippen LogP contribution in [0.3, 0.4) is 0 Å². The van der Waals surface area contributed by atoms with Gasteiger partial charge in [-0.1, -0.05) is 45.4 Å². The lowest BCUT2D eigenvalue weighted by Gasteiger charge is -2.38. The van der Waals surface area contributed by atoms with Gasteiger partial charge in [0.05, 0.1) is 28.4 Å². The number of fused-ring (bicyclic) bond motifs is 2. The number of halogens is 1. The first kappa shape index (κ1) is 23.3. The Morgan fingerprint density at radius 1 is 1.27 bits per heavy atom. The normalized spacial score (nSPS) is 17.2. The quantitative estimate of drug-likeness (QED) is 0.388. The minimum atomic E-state index is -0.923. The molecular formula is C27H28BrNO4. The van der Waals surface area contributed by atoms with E-state index in [1.165, 1.54) is 7.11 Å². The average molecular weight is 510 g/mol. The van der Waals surface area contributed by atoms with E-state index in [2.05, 4.69) is 36.7 Å². The van der Waals surface area contributed by atoms with Gasteiger partial charge in [0.25, 0.3) is 0 Å². The molecule has 2 aromatic carbocycles. The summed E-state index contributed by atoms with van der Waals surface area (Å²) < 4.78 is 5.86. The van der Waals surface area contributed by atoms with Crippen LogP contribution in [0.5, 0.6) is 11.5 Å². The average Bonchev–Trinajstić information content (AvgIpc) is 2.79. The van der Waals surface area contributed by atoms with Gasteiger partial charge in [0, 0.05) is 5.39 Å². The Labute approximate surface area is 202 Å². The van der Waals surface area contributed by atoms with E-state index in [4.69, 9.17) is 9.72 Å². The molecule has 0 saturated carbocycles. The molecule has 4 rings (SSSR count). The number of rotatable bonds is 5. The number of para-hydroxylation sites is 1. The van der Waals surface area contributed by atoms with E-state index in [9.17, 15) is 15.0 Å². The topological polar surface area (TPSA) is 79.7 Å². The number of phenolic OH excluding ortho intramolecular Hbond substituents is 1. The van der Waals surface area contributed by atoms with E-state index < -0.39 is 5.97 Å². The molecule has 0 spiro atoms. The largest absolute Gasteiger partial charge is 0.503 e. The Kier molecular flexibility index (Phi) is 6.23. The Morgan fingerprint density at radius 2 is 2.00 bits per heavy atom. The van der Waals surface area contributed by atoms with Gasteiger partial charge in [0.1, 0.15) is 0 Å². The lowest BCUT2D eigenvalue weighted by atomic mass is 9.67. The molecule has 0 radical (unpaired) electrons. The fraction of sp³-hybridized carbons (Fsp3) is 0.333. The van der Waals surface area contributed by atoms with Gasteiger partial charge < -0.3 is 14.9 Å². The van der Waals surface area contributed by atoms with Crippen molar-refractivity contribution in [2.24, 2.45) is 11.3 Å². The van der Waals surface area contributed by atoms with E-state index in [-0.39, 0.29) is 17.1 Å². The number of phenols is 1. The third-order valence-corrected chi connectivity index (χ3v) is 7.66. The Balaban J connectivity index is 2.00. The van der Waals surface area contributed by atoms with E-state index in [0.717, 1.165) is 35.2 Å². The molecule has 33 heavy (non-hydrogen) atoms. The highest BCUT2D eigenvalue weighted by atomic mass is 79.9. The zero-order valence-corrected chi connectivity index (χ0v) is 20.9. The van der Waals surface area contributed by atoms with Crippen LogP contribution >= 0.6 is 15.9 Å². The van der Waals surface area contributed by atoms with Crippen LogP contribution in [0.25, 0.3) is 22.6 Å². The number of aromatic hydroxyl groups is 1. The molecule has 5 nitrogen and oxygen atoms in total. The summed E-state index contributed by atoms with van der Waals surface area (Å²) in [5.74, 6) is -0.237.